The first-order valence-corrected chi connectivity index (χ1v) is 5.11. The van der Waals surface area contributed by atoms with E-state index in [0.29, 0.717) is 30.9 Å². The zero-order valence-electron chi connectivity index (χ0n) is 8.76. The molecule has 0 bridgehead atoms. The molecule has 1 aromatic rings. The van der Waals surface area contributed by atoms with E-state index in [1.807, 2.05) is 6.07 Å². The third-order valence-electron chi connectivity index (χ3n) is 2.69. The zero-order chi connectivity index (χ0) is 11.5. The molecule has 16 heavy (non-hydrogen) atoms. The fourth-order valence-electron chi connectivity index (χ4n) is 1.80. The van der Waals surface area contributed by atoms with Crippen LogP contribution in [0.2, 0.25) is 0 Å². The van der Waals surface area contributed by atoms with Gasteiger partial charge >= 0.3 is 0 Å². The largest absolute Gasteiger partial charge is 0.330 e. The molecule has 1 aliphatic rings. The summed E-state index contributed by atoms with van der Waals surface area (Å²) in [5, 5.41) is 8.77. The van der Waals surface area contributed by atoms with Crippen molar-refractivity contribution in [3.63, 3.8) is 0 Å². The van der Waals surface area contributed by atoms with E-state index in [9.17, 15) is 4.79 Å². The maximum absolute atomic E-state index is 11.7. The number of amides is 1. The van der Waals surface area contributed by atoms with Crippen molar-refractivity contribution >= 4 is 11.7 Å². The van der Waals surface area contributed by atoms with Crippen LogP contribution in [0.3, 0.4) is 0 Å². The molecule has 1 aliphatic heterocycles. The lowest BCUT2D eigenvalue weighted by molar-refractivity contribution is -0.117. The number of nitriles is 1. The summed E-state index contributed by atoms with van der Waals surface area (Å²) in [6, 6.07) is 5.27. The number of rotatable bonds is 2. The van der Waals surface area contributed by atoms with Crippen molar-refractivity contribution in [2.75, 3.05) is 18.0 Å². The van der Waals surface area contributed by atoms with Crippen molar-refractivity contribution in [3.05, 3.63) is 23.9 Å². The second-order valence-electron chi connectivity index (χ2n) is 3.82. The molecular weight excluding hydrogens is 204 g/mol. The van der Waals surface area contributed by atoms with E-state index in [1.165, 1.54) is 6.20 Å². The fraction of sp³-hybridized carbons (Fsp3) is 0.364. The van der Waals surface area contributed by atoms with E-state index in [1.54, 1.807) is 17.0 Å². The molecule has 1 fully saturated rings. The molecule has 5 nitrogen and oxygen atoms in total. The Labute approximate surface area is 93.5 Å². The number of pyridine rings is 1. The molecule has 1 saturated heterocycles. The summed E-state index contributed by atoms with van der Waals surface area (Å²) in [5.41, 5.74) is 6.05. The summed E-state index contributed by atoms with van der Waals surface area (Å²) in [5.74, 6) is 0.762. The minimum Gasteiger partial charge on any atom is -0.330 e. The van der Waals surface area contributed by atoms with Crippen molar-refractivity contribution in [2.24, 2.45) is 11.7 Å². The topological polar surface area (TPSA) is 83.0 Å². The monoisotopic (exact) mass is 216 g/mol. The molecule has 0 saturated carbocycles. The number of nitrogens with zero attached hydrogens (tertiary/aromatic N) is 3. The Morgan fingerprint density at radius 3 is 3.12 bits per heavy atom. The van der Waals surface area contributed by atoms with Crippen LogP contribution < -0.4 is 10.6 Å². The Kier molecular flexibility index (Phi) is 2.84. The third-order valence-corrected chi connectivity index (χ3v) is 2.69. The van der Waals surface area contributed by atoms with Gasteiger partial charge in [0.2, 0.25) is 5.91 Å². The highest BCUT2D eigenvalue weighted by atomic mass is 16.2. The van der Waals surface area contributed by atoms with E-state index in [2.05, 4.69) is 4.98 Å². The average Bonchev–Trinajstić information content (AvgIpc) is 2.71. The Bertz CT molecular complexity index is 452. The summed E-state index contributed by atoms with van der Waals surface area (Å²) in [7, 11) is 0. The highest BCUT2D eigenvalue weighted by Gasteiger charge is 2.30. The third kappa shape index (κ3) is 1.88. The van der Waals surface area contributed by atoms with Crippen LogP contribution in [0.1, 0.15) is 12.0 Å². The molecule has 2 N–H and O–H groups in total. The van der Waals surface area contributed by atoms with Crippen molar-refractivity contribution in [1.29, 1.82) is 5.26 Å². The van der Waals surface area contributed by atoms with Crippen molar-refractivity contribution < 1.29 is 4.79 Å². The number of aromatic nitrogens is 1. The molecule has 0 aliphatic carbocycles. The molecule has 2 heterocycles. The number of nitrogens with two attached hydrogens (primary N) is 1. The maximum atomic E-state index is 11.7. The summed E-state index contributed by atoms with van der Waals surface area (Å²) < 4.78 is 0. The van der Waals surface area contributed by atoms with Gasteiger partial charge in [-0.15, -0.1) is 0 Å². The number of hydrogen-bond acceptors (Lipinski definition) is 4. The van der Waals surface area contributed by atoms with E-state index in [-0.39, 0.29) is 11.8 Å². The lowest BCUT2D eigenvalue weighted by Gasteiger charge is -2.15. The van der Waals surface area contributed by atoms with Crippen LogP contribution in [-0.2, 0) is 4.79 Å². The van der Waals surface area contributed by atoms with Crippen LogP contribution in [0.5, 0.6) is 0 Å². The SMILES string of the molecule is N#Cc1ccnc(N2CC(CN)CC2=O)c1. The number of carbonyl (C=O) groups excluding carboxylic acids is 1. The van der Waals surface area contributed by atoms with Crippen molar-refractivity contribution in [1.82, 2.24) is 4.98 Å². The first kappa shape index (κ1) is 10.6. The molecule has 1 unspecified atom stereocenters. The Morgan fingerprint density at radius 2 is 2.50 bits per heavy atom. The smallest absolute Gasteiger partial charge is 0.228 e. The van der Waals surface area contributed by atoms with Gasteiger partial charge in [-0.1, -0.05) is 0 Å². The first-order valence-electron chi connectivity index (χ1n) is 5.11. The van der Waals surface area contributed by atoms with Gasteiger partial charge in [0.1, 0.15) is 5.82 Å². The van der Waals surface area contributed by atoms with Gasteiger partial charge in [-0.05, 0) is 24.6 Å². The van der Waals surface area contributed by atoms with Crippen LogP contribution in [-0.4, -0.2) is 24.0 Å². The minimum atomic E-state index is 0.0260. The van der Waals surface area contributed by atoms with E-state index in [4.69, 9.17) is 11.0 Å². The second-order valence-corrected chi connectivity index (χ2v) is 3.82. The van der Waals surface area contributed by atoms with Gasteiger partial charge in [0.15, 0.2) is 0 Å². The van der Waals surface area contributed by atoms with Crippen LogP contribution in [0.4, 0.5) is 5.82 Å². The molecule has 2 rings (SSSR count). The zero-order valence-corrected chi connectivity index (χ0v) is 8.76. The summed E-state index contributed by atoms with van der Waals surface area (Å²) >= 11 is 0. The quantitative estimate of drug-likeness (QED) is 0.768. The molecule has 82 valence electrons. The molecular formula is C11H12N4O. The molecule has 0 spiro atoms. The van der Waals surface area contributed by atoms with E-state index >= 15 is 0 Å². The molecule has 1 amide bonds. The Hall–Kier alpha value is -1.93. The van der Waals surface area contributed by atoms with Gasteiger partial charge in [0, 0.05) is 19.2 Å². The molecule has 1 atom stereocenters. The highest BCUT2D eigenvalue weighted by molar-refractivity contribution is 5.94. The average molecular weight is 216 g/mol. The molecule has 0 radical (unpaired) electrons. The van der Waals surface area contributed by atoms with Crippen molar-refractivity contribution in [3.8, 4) is 6.07 Å². The lowest BCUT2D eigenvalue weighted by Crippen LogP contribution is -2.26. The second kappa shape index (κ2) is 4.29. The summed E-state index contributed by atoms with van der Waals surface area (Å²) in [4.78, 5) is 17.4. The standard InChI is InChI=1S/C11H12N4O/c12-5-8-1-2-14-10(3-8)15-7-9(6-13)4-11(15)16/h1-3,9H,4,6-7,13H2. The highest BCUT2D eigenvalue weighted by Crippen LogP contribution is 2.22. The van der Waals surface area contributed by atoms with Gasteiger partial charge in [-0.3, -0.25) is 9.69 Å². The van der Waals surface area contributed by atoms with Gasteiger partial charge < -0.3 is 5.73 Å². The fourth-order valence-corrected chi connectivity index (χ4v) is 1.80. The van der Waals surface area contributed by atoms with E-state index in [0.717, 1.165) is 0 Å². The predicted molar refractivity (Wildman–Crippen MR) is 58.5 cm³/mol. The predicted octanol–water partition coefficient (Wildman–Crippen LogP) is 0.265. The maximum Gasteiger partial charge on any atom is 0.228 e. The minimum absolute atomic E-state index is 0.0260. The normalized spacial score (nSPS) is 19.9. The summed E-state index contributed by atoms with van der Waals surface area (Å²) in [6.07, 6.45) is 2.01. The van der Waals surface area contributed by atoms with Crippen LogP contribution >= 0.6 is 0 Å². The Morgan fingerprint density at radius 1 is 1.69 bits per heavy atom. The Balaban J connectivity index is 2.25. The molecule has 1 aromatic heterocycles. The number of hydrogen-bond donors (Lipinski definition) is 1. The molecule has 0 aromatic carbocycles. The van der Waals surface area contributed by atoms with Gasteiger partial charge in [-0.25, -0.2) is 4.98 Å². The lowest BCUT2D eigenvalue weighted by atomic mass is 10.1. The van der Waals surface area contributed by atoms with Gasteiger partial charge in [0.05, 0.1) is 11.6 Å². The van der Waals surface area contributed by atoms with Crippen molar-refractivity contribution in [2.45, 2.75) is 6.42 Å². The first-order chi connectivity index (χ1) is 7.74. The van der Waals surface area contributed by atoms with Crippen LogP contribution in [0.25, 0.3) is 0 Å². The summed E-state index contributed by atoms with van der Waals surface area (Å²) in [6.45, 7) is 1.09. The van der Waals surface area contributed by atoms with Crippen LogP contribution in [0, 0.1) is 17.2 Å². The van der Waals surface area contributed by atoms with Crippen LogP contribution in [0.15, 0.2) is 18.3 Å². The number of anilines is 1. The van der Waals surface area contributed by atoms with E-state index < -0.39 is 0 Å². The molecule has 5 heteroatoms. The van der Waals surface area contributed by atoms with Gasteiger partial charge in [-0.2, -0.15) is 5.26 Å². The van der Waals surface area contributed by atoms with Gasteiger partial charge in [0.25, 0.3) is 0 Å². The number of carbonyl (C=O) groups is 1.